The number of halogens is 1. The van der Waals surface area contributed by atoms with Gasteiger partial charge in [-0.05, 0) is 11.7 Å². The number of rotatable bonds is 3. The molecular formula is C5H11ClS. The molecule has 0 spiro atoms. The topological polar surface area (TPSA) is 0 Å². The molecule has 0 fully saturated rings. The minimum Gasteiger partial charge on any atom is -0.145 e. The van der Waals surface area contributed by atoms with Gasteiger partial charge < -0.3 is 0 Å². The molecule has 0 saturated carbocycles. The van der Waals surface area contributed by atoms with Crippen molar-refractivity contribution in [3.8, 4) is 0 Å². The van der Waals surface area contributed by atoms with E-state index in [1.807, 2.05) is 0 Å². The number of hydrogen-bond acceptors (Lipinski definition) is 1. The van der Waals surface area contributed by atoms with Crippen LogP contribution >= 0.6 is 23.4 Å². The van der Waals surface area contributed by atoms with Crippen LogP contribution < -0.4 is 0 Å². The third kappa shape index (κ3) is 6.64. The van der Waals surface area contributed by atoms with Crippen molar-refractivity contribution in [2.24, 2.45) is 5.92 Å². The van der Waals surface area contributed by atoms with Crippen molar-refractivity contribution in [2.75, 3.05) is 11.0 Å². The maximum absolute atomic E-state index is 5.41. The summed E-state index contributed by atoms with van der Waals surface area (Å²) in [7, 11) is 0. The Balaban J connectivity index is 2.68. The first-order valence-corrected chi connectivity index (χ1v) is 4.10. The quantitative estimate of drug-likeness (QED) is 0.541. The molecule has 0 saturated heterocycles. The predicted octanol–water partition coefficient (Wildman–Crippen LogP) is 2.57. The summed E-state index contributed by atoms with van der Waals surface area (Å²) < 4.78 is 0. The van der Waals surface area contributed by atoms with E-state index in [-0.39, 0.29) is 0 Å². The van der Waals surface area contributed by atoms with E-state index in [0.717, 1.165) is 11.1 Å². The number of alkyl halides is 1. The van der Waals surface area contributed by atoms with E-state index >= 15 is 0 Å². The van der Waals surface area contributed by atoms with Gasteiger partial charge >= 0.3 is 0 Å². The molecule has 0 rings (SSSR count). The summed E-state index contributed by atoms with van der Waals surface area (Å²) in [6, 6.07) is 0. The molecule has 0 N–H and O–H groups in total. The van der Waals surface area contributed by atoms with Crippen molar-refractivity contribution in [3.63, 3.8) is 0 Å². The maximum atomic E-state index is 5.41. The average Bonchev–Trinajstić information content (AvgIpc) is 1.61. The smallest absolute Gasteiger partial charge is 0.0680 e. The van der Waals surface area contributed by atoms with E-state index < -0.39 is 0 Å². The van der Waals surface area contributed by atoms with Crippen LogP contribution in [0, 0.1) is 5.92 Å². The Kier molecular flexibility index (Phi) is 5.23. The second kappa shape index (κ2) is 4.79. The summed E-state index contributed by atoms with van der Waals surface area (Å²) in [6.45, 7) is 4.39. The molecule has 0 aromatic carbocycles. The molecule has 2 heteroatoms. The van der Waals surface area contributed by atoms with Gasteiger partial charge in [-0.3, -0.25) is 0 Å². The highest BCUT2D eigenvalue weighted by Crippen LogP contribution is 2.07. The number of hydrogen-bond donors (Lipinski definition) is 0. The zero-order valence-corrected chi connectivity index (χ0v) is 6.35. The highest BCUT2D eigenvalue weighted by atomic mass is 35.5. The largest absolute Gasteiger partial charge is 0.145 e. The summed E-state index contributed by atoms with van der Waals surface area (Å²) in [6.07, 6.45) is 0. The lowest BCUT2D eigenvalue weighted by molar-refractivity contribution is 0.751. The van der Waals surface area contributed by atoms with Crippen LogP contribution in [0.2, 0.25) is 0 Å². The first-order valence-electron chi connectivity index (χ1n) is 2.41. The van der Waals surface area contributed by atoms with Gasteiger partial charge in [-0.15, -0.1) is 23.4 Å². The van der Waals surface area contributed by atoms with Crippen LogP contribution in [0.15, 0.2) is 0 Å². The van der Waals surface area contributed by atoms with Crippen molar-refractivity contribution in [2.45, 2.75) is 13.8 Å². The maximum Gasteiger partial charge on any atom is 0.0680 e. The van der Waals surface area contributed by atoms with Gasteiger partial charge in [-0.2, -0.15) is 0 Å². The Hall–Kier alpha value is 0.640. The summed E-state index contributed by atoms with van der Waals surface area (Å²) in [5.74, 6) is 1.97. The minimum absolute atomic E-state index is 0.734. The molecule has 7 heavy (non-hydrogen) atoms. The molecule has 0 aromatic rings. The van der Waals surface area contributed by atoms with Crippen LogP contribution in [0.5, 0.6) is 0 Å². The van der Waals surface area contributed by atoms with Crippen molar-refractivity contribution >= 4 is 23.4 Å². The summed E-state index contributed by atoms with van der Waals surface area (Å²) in [5.41, 5.74) is 0. The van der Waals surface area contributed by atoms with E-state index in [1.54, 1.807) is 11.8 Å². The lowest BCUT2D eigenvalue weighted by atomic mass is 10.3. The van der Waals surface area contributed by atoms with E-state index in [9.17, 15) is 0 Å². The molecule has 0 aromatic heterocycles. The second-order valence-corrected chi connectivity index (χ2v) is 3.49. The van der Waals surface area contributed by atoms with E-state index in [2.05, 4.69) is 13.8 Å². The summed E-state index contributed by atoms with van der Waals surface area (Å²) in [5, 5.41) is 0.734. The lowest BCUT2D eigenvalue weighted by Gasteiger charge is -1.98. The molecule has 44 valence electrons. The van der Waals surface area contributed by atoms with Crippen molar-refractivity contribution in [1.82, 2.24) is 0 Å². The fraction of sp³-hybridized carbons (Fsp3) is 1.00. The van der Waals surface area contributed by atoms with Crippen molar-refractivity contribution in [3.05, 3.63) is 0 Å². The molecule has 0 nitrogen and oxygen atoms in total. The highest BCUT2D eigenvalue weighted by Gasteiger charge is 1.89. The minimum atomic E-state index is 0.734. The van der Waals surface area contributed by atoms with Crippen LogP contribution in [0.3, 0.4) is 0 Å². The molecule has 0 radical (unpaired) electrons. The van der Waals surface area contributed by atoms with Gasteiger partial charge in [0.05, 0.1) is 5.21 Å². The summed E-state index contributed by atoms with van der Waals surface area (Å²) in [4.78, 5) is 0. The Morgan fingerprint density at radius 2 is 2.14 bits per heavy atom. The Morgan fingerprint density at radius 1 is 1.57 bits per heavy atom. The Morgan fingerprint density at radius 3 is 2.29 bits per heavy atom. The van der Waals surface area contributed by atoms with E-state index in [1.165, 1.54) is 5.75 Å². The van der Waals surface area contributed by atoms with Gasteiger partial charge in [0.2, 0.25) is 0 Å². The van der Waals surface area contributed by atoms with Crippen LogP contribution in [0.4, 0.5) is 0 Å². The van der Waals surface area contributed by atoms with E-state index in [0.29, 0.717) is 0 Å². The third-order valence-electron chi connectivity index (χ3n) is 0.528. The first kappa shape index (κ1) is 7.64. The van der Waals surface area contributed by atoms with Crippen molar-refractivity contribution < 1.29 is 0 Å². The molecule has 0 aliphatic carbocycles. The van der Waals surface area contributed by atoms with Gasteiger partial charge in [0.1, 0.15) is 0 Å². The molecule has 0 aliphatic heterocycles. The van der Waals surface area contributed by atoms with Gasteiger partial charge in [0.15, 0.2) is 0 Å². The first-order chi connectivity index (χ1) is 3.27. The normalized spacial score (nSPS) is 10.3. The molecule has 0 heterocycles. The van der Waals surface area contributed by atoms with Crippen molar-refractivity contribution in [1.29, 1.82) is 0 Å². The van der Waals surface area contributed by atoms with Gasteiger partial charge in [-0.25, -0.2) is 0 Å². The lowest BCUT2D eigenvalue weighted by Crippen LogP contribution is -1.88. The average molecular weight is 139 g/mol. The molecule has 0 atom stereocenters. The monoisotopic (exact) mass is 138 g/mol. The van der Waals surface area contributed by atoms with Crippen LogP contribution in [0.1, 0.15) is 13.8 Å². The SMILES string of the molecule is CC(C)CSCCl. The molecule has 0 unspecified atom stereocenters. The van der Waals surface area contributed by atoms with Gasteiger partial charge in [0, 0.05) is 0 Å². The Labute approximate surface area is 54.6 Å². The molecule has 0 bridgehead atoms. The van der Waals surface area contributed by atoms with Crippen LogP contribution in [-0.2, 0) is 0 Å². The van der Waals surface area contributed by atoms with Gasteiger partial charge in [-0.1, -0.05) is 13.8 Å². The molecule has 0 aliphatic rings. The standard InChI is InChI=1S/C5H11ClS/c1-5(2)3-7-4-6/h5H,3-4H2,1-2H3. The van der Waals surface area contributed by atoms with Crippen LogP contribution in [-0.4, -0.2) is 11.0 Å². The third-order valence-corrected chi connectivity index (χ3v) is 2.05. The molecular weight excluding hydrogens is 128 g/mol. The molecule has 0 amide bonds. The zero-order chi connectivity index (χ0) is 5.70. The van der Waals surface area contributed by atoms with Gasteiger partial charge in [0.25, 0.3) is 0 Å². The summed E-state index contributed by atoms with van der Waals surface area (Å²) >= 11 is 7.19. The Bertz CT molecular complexity index is 37.1. The highest BCUT2D eigenvalue weighted by molar-refractivity contribution is 8.00. The zero-order valence-electron chi connectivity index (χ0n) is 4.78. The van der Waals surface area contributed by atoms with E-state index in [4.69, 9.17) is 11.6 Å². The fourth-order valence-corrected chi connectivity index (χ4v) is 1.11. The predicted molar refractivity (Wildman–Crippen MR) is 38.0 cm³/mol. The second-order valence-electron chi connectivity index (χ2n) is 1.87. The fourth-order valence-electron chi connectivity index (χ4n) is 0.280. The van der Waals surface area contributed by atoms with Crippen LogP contribution in [0.25, 0.3) is 0 Å². The number of thioether (sulfide) groups is 1.